The van der Waals surface area contributed by atoms with E-state index in [1.54, 1.807) is 48.4 Å². The molecule has 0 bridgehead atoms. The number of nitrogens with one attached hydrogen (secondary N) is 2. The van der Waals surface area contributed by atoms with Crippen LogP contribution in [0.25, 0.3) is 16.6 Å². The standard InChI is InChI=1S/C37H35FN6O7S/c1-43-33-21-39-16-15-29(33)36(47)44(43)25-11-9-23(40-20-25)18-32(37(48)51-26-5-3-2-4-6-26)41-35(46)28-13-10-24(17-31(28)38)42-52(49,50)27-12-7-22-8-14-34(45)30(22)19-27/h7,9-13,15-17,19-21,26,32,42H,2-6,8,14,18H2,1H3,(H,41,46)/t32-/m0/s1. The van der Waals surface area contributed by atoms with Crippen molar-refractivity contribution in [3.05, 3.63) is 112 Å². The van der Waals surface area contributed by atoms with Gasteiger partial charge in [-0.2, -0.15) is 0 Å². The molecule has 2 N–H and O–H groups in total. The second-order valence-electron chi connectivity index (χ2n) is 13.0. The number of benzene rings is 2. The van der Waals surface area contributed by atoms with Crippen LogP contribution < -0.4 is 15.6 Å². The van der Waals surface area contributed by atoms with E-state index in [0.29, 0.717) is 53.5 Å². The lowest BCUT2D eigenvalue weighted by Gasteiger charge is -2.25. The lowest BCUT2D eigenvalue weighted by molar-refractivity contribution is -0.152. The number of esters is 1. The van der Waals surface area contributed by atoms with E-state index in [4.69, 9.17) is 4.74 Å². The molecule has 1 fully saturated rings. The predicted molar refractivity (Wildman–Crippen MR) is 188 cm³/mol. The van der Waals surface area contributed by atoms with Gasteiger partial charge in [0.25, 0.3) is 21.5 Å². The molecular weight excluding hydrogens is 692 g/mol. The normalized spacial score (nSPS) is 15.3. The van der Waals surface area contributed by atoms with Crippen molar-refractivity contribution in [2.24, 2.45) is 7.05 Å². The van der Waals surface area contributed by atoms with Crippen molar-refractivity contribution in [1.82, 2.24) is 24.6 Å². The summed E-state index contributed by atoms with van der Waals surface area (Å²) in [6.45, 7) is 0. The second kappa shape index (κ2) is 14.1. The van der Waals surface area contributed by atoms with Gasteiger partial charge in [0.15, 0.2) is 5.78 Å². The summed E-state index contributed by atoms with van der Waals surface area (Å²) in [4.78, 5) is 60.5. The molecule has 52 heavy (non-hydrogen) atoms. The number of carbonyl (C=O) groups is 3. The van der Waals surface area contributed by atoms with Crippen LogP contribution in [0.5, 0.6) is 0 Å². The molecule has 0 aliphatic heterocycles. The molecule has 2 aromatic carbocycles. The van der Waals surface area contributed by atoms with Crippen LogP contribution >= 0.6 is 0 Å². The minimum Gasteiger partial charge on any atom is -0.461 e. The number of sulfonamides is 1. The Kier molecular flexibility index (Phi) is 9.44. The number of pyridine rings is 2. The van der Waals surface area contributed by atoms with Crippen molar-refractivity contribution in [3.63, 3.8) is 0 Å². The van der Waals surface area contributed by atoms with E-state index >= 15 is 4.39 Å². The van der Waals surface area contributed by atoms with E-state index in [0.717, 1.165) is 37.0 Å². The SMILES string of the molecule is Cn1c2cnccc2c(=O)n1-c1ccc(C[C@H](NC(=O)c2ccc(NS(=O)(=O)c3ccc4c(c3)C(=O)CC4)cc2F)C(=O)OC2CCCCC2)nc1. The Morgan fingerprint density at radius 1 is 1.00 bits per heavy atom. The number of halogens is 1. The van der Waals surface area contributed by atoms with Crippen molar-refractivity contribution in [2.45, 2.75) is 68.4 Å². The fraction of sp³-hybridized carbons (Fsp3) is 0.297. The van der Waals surface area contributed by atoms with Crippen LogP contribution in [0.1, 0.15) is 70.5 Å². The van der Waals surface area contributed by atoms with Gasteiger partial charge in [-0.3, -0.25) is 33.8 Å². The fourth-order valence-corrected chi connectivity index (χ4v) is 7.84. The molecule has 5 aromatic rings. The molecule has 2 aliphatic rings. The number of Topliss-reactive ketones (excluding diaryl/α,β-unsaturated/α-hetero) is 1. The quantitative estimate of drug-likeness (QED) is 0.198. The average Bonchev–Trinajstić information content (AvgIpc) is 3.63. The maximum Gasteiger partial charge on any atom is 0.329 e. The topological polar surface area (TPSA) is 171 Å². The van der Waals surface area contributed by atoms with Crippen molar-refractivity contribution in [2.75, 3.05) is 4.72 Å². The summed E-state index contributed by atoms with van der Waals surface area (Å²) in [5.41, 5.74) is 1.82. The van der Waals surface area contributed by atoms with E-state index in [2.05, 4.69) is 20.0 Å². The van der Waals surface area contributed by atoms with Gasteiger partial charge in [-0.15, -0.1) is 0 Å². The van der Waals surface area contributed by atoms with Crippen LogP contribution in [0.15, 0.2) is 82.9 Å². The Balaban J connectivity index is 1.09. The Labute approximate surface area is 297 Å². The van der Waals surface area contributed by atoms with E-state index < -0.39 is 39.3 Å². The molecule has 1 saturated carbocycles. The summed E-state index contributed by atoms with van der Waals surface area (Å²) >= 11 is 0. The highest BCUT2D eigenvalue weighted by Gasteiger charge is 2.29. The predicted octanol–water partition coefficient (Wildman–Crippen LogP) is 4.41. The van der Waals surface area contributed by atoms with Gasteiger partial charge in [-0.1, -0.05) is 12.5 Å². The number of ether oxygens (including phenoxy) is 1. The molecule has 1 atom stereocenters. The number of hydrogen-bond donors (Lipinski definition) is 2. The van der Waals surface area contributed by atoms with Gasteiger partial charge >= 0.3 is 5.97 Å². The van der Waals surface area contributed by atoms with Gasteiger partial charge in [0.05, 0.1) is 45.1 Å². The molecule has 1 amide bonds. The maximum atomic E-state index is 15.4. The Bertz CT molecular complexity index is 2380. The summed E-state index contributed by atoms with van der Waals surface area (Å²) in [5.74, 6) is -2.78. The summed E-state index contributed by atoms with van der Waals surface area (Å²) in [6, 6.07) is 11.2. The third-order valence-electron chi connectivity index (χ3n) is 9.54. The van der Waals surface area contributed by atoms with Crippen LogP contribution in [-0.4, -0.2) is 57.6 Å². The fourth-order valence-electron chi connectivity index (χ4n) is 6.76. The number of nitrogens with zero attached hydrogens (tertiary/aromatic N) is 4. The molecule has 268 valence electrons. The minimum atomic E-state index is -4.18. The molecule has 15 heteroatoms. The molecule has 7 rings (SSSR count). The average molecular weight is 727 g/mol. The van der Waals surface area contributed by atoms with Gasteiger partial charge < -0.3 is 10.1 Å². The van der Waals surface area contributed by atoms with Crippen molar-refractivity contribution < 1.29 is 31.9 Å². The zero-order valence-corrected chi connectivity index (χ0v) is 29.0. The first-order valence-corrected chi connectivity index (χ1v) is 18.4. The molecular formula is C37H35FN6O7S. The van der Waals surface area contributed by atoms with Crippen LogP contribution in [-0.2, 0) is 39.4 Å². The van der Waals surface area contributed by atoms with Gasteiger partial charge in [0.1, 0.15) is 18.0 Å². The van der Waals surface area contributed by atoms with E-state index in [1.807, 2.05) is 0 Å². The molecule has 0 radical (unpaired) electrons. The second-order valence-corrected chi connectivity index (χ2v) is 14.7. The largest absolute Gasteiger partial charge is 0.461 e. The number of carbonyl (C=O) groups excluding carboxylic acids is 3. The number of hydrogen-bond acceptors (Lipinski definition) is 9. The van der Waals surface area contributed by atoms with Gasteiger partial charge in [-0.25, -0.2) is 22.3 Å². The third kappa shape index (κ3) is 6.95. The number of anilines is 1. The van der Waals surface area contributed by atoms with E-state index in [1.165, 1.54) is 29.1 Å². The molecule has 0 saturated heterocycles. The highest BCUT2D eigenvalue weighted by molar-refractivity contribution is 7.92. The van der Waals surface area contributed by atoms with Crippen molar-refractivity contribution in [1.29, 1.82) is 0 Å². The Morgan fingerprint density at radius 3 is 2.54 bits per heavy atom. The maximum absolute atomic E-state index is 15.4. The first kappa shape index (κ1) is 34.7. The number of ketones is 1. The number of amides is 1. The molecule has 3 aromatic heterocycles. The summed E-state index contributed by atoms with van der Waals surface area (Å²) < 4.78 is 52.7. The number of fused-ring (bicyclic) bond motifs is 2. The van der Waals surface area contributed by atoms with E-state index in [-0.39, 0.29) is 34.5 Å². The molecule has 0 spiro atoms. The lowest BCUT2D eigenvalue weighted by Crippen LogP contribution is -2.45. The molecule has 0 unspecified atom stereocenters. The molecule has 13 nitrogen and oxygen atoms in total. The lowest BCUT2D eigenvalue weighted by atomic mass is 9.97. The minimum absolute atomic E-state index is 0.0890. The van der Waals surface area contributed by atoms with Gasteiger partial charge in [-0.05, 0) is 86.2 Å². The van der Waals surface area contributed by atoms with Crippen LogP contribution in [0.2, 0.25) is 0 Å². The van der Waals surface area contributed by atoms with E-state index in [9.17, 15) is 27.6 Å². The van der Waals surface area contributed by atoms with Crippen LogP contribution in [0, 0.1) is 5.82 Å². The number of aromatic nitrogens is 4. The summed E-state index contributed by atoms with van der Waals surface area (Å²) in [5, 5.41) is 3.08. The van der Waals surface area contributed by atoms with Crippen molar-refractivity contribution in [3.8, 4) is 5.69 Å². The first-order valence-electron chi connectivity index (χ1n) is 17.0. The summed E-state index contributed by atoms with van der Waals surface area (Å²) in [7, 11) is -2.45. The highest BCUT2D eigenvalue weighted by atomic mass is 32.2. The number of rotatable bonds is 10. The van der Waals surface area contributed by atoms with Crippen molar-refractivity contribution >= 4 is 44.3 Å². The van der Waals surface area contributed by atoms with Gasteiger partial charge in [0.2, 0.25) is 0 Å². The monoisotopic (exact) mass is 726 g/mol. The smallest absolute Gasteiger partial charge is 0.329 e. The zero-order valence-electron chi connectivity index (χ0n) is 28.2. The van der Waals surface area contributed by atoms with Gasteiger partial charge in [0, 0.05) is 37.3 Å². The highest BCUT2D eigenvalue weighted by Crippen LogP contribution is 2.27. The van der Waals surface area contributed by atoms with Crippen LogP contribution in [0.3, 0.4) is 0 Å². The number of aryl methyl sites for hydroxylation is 2. The Morgan fingerprint density at radius 2 is 1.81 bits per heavy atom. The molecule has 2 aliphatic carbocycles. The molecule has 3 heterocycles. The third-order valence-corrected chi connectivity index (χ3v) is 10.9. The summed E-state index contributed by atoms with van der Waals surface area (Å²) in [6.07, 6.45) is 9.33. The van der Waals surface area contributed by atoms with Crippen LogP contribution in [0.4, 0.5) is 10.1 Å². The first-order chi connectivity index (χ1) is 25.0. The zero-order chi connectivity index (χ0) is 36.6. The Hall–Kier alpha value is -5.70.